The summed E-state index contributed by atoms with van der Waals surface area (Å²) < 4.78 is 0. The summed E-state index contributed by atoms with van der Waals surface area (Å²) >= 11 is 0. The van der Waals surface area contributed by atoms with Gasteiger partial charge in [-0.1, -0.05) is 6.92 Å². The van der Waals surface area contributed by atoms with Crippen molar-refractivity contribution < 1.29 is 9.90 Å². The van der Waals surface area contributed by atoms with Crippen LogP contribution in [-0.2, 0) is 4.79 Å². The van der Waals surface area contributed by atoms with Crippen molar-refractivity contribution in [2.45, 2.75) is 70.8 Å². The highest BCUT2D eigenvalue weighted by molar-refractivity contribution is 5.96. The summed E-state index contributed by atoms with van der Waals surface area (Å²) in [5.74, 6) is 0.703. The summed E-state index contributed by atoms with van der Waals surface area (Å²) in [7, 11) is 0. The zero-order chi connectivity index (χ0) is 13.5. The third-order valence-electron chi connectivity index (χ3n) is 6.77. The lowest BCUT2D eigenvalue weighted by atomic mass is 9.47. The molecule has 3 atom stereocenters. The third kappa shape index (κ3) is 1.34. The van der Waals surface area contributed by atoms with Crippen molar-refractivity contribution in [1.29, 1.82) is 0 Å². The van der Waals surface area contributed by atoms with Crippen LogP contribution in [0, 0.1) is 16.7 Å². The first kappa shape index (κ1) is 12.1. The van der Waals surface area contributed by atoms with E-state index in [0.29, 0.717) is 23.2 Å². The molecule has 3 fully saturated rings. The molecule has 1 N–H and O–H groups in total. The van der Waals surface area contributed by atoms with Gasteiger partial charge in [0, 0.05) is 12.3 Å². The molecule has 0 amide bonds. The van der Waals surface area contributed by atoms with Crippen LogP contribution in [0.5, 0.6) is 0 Å². The second kappa shape index (κ2) is 3.33. The van der Waals surface area contributed by atoms with Gasteiger partial charge in [0.15, 0.2) is 5.78 Å². The lowest BCUT2D eigenvalue weighted by Gasteiger charge is -2.60. The average molecular weight is 260 g/mol. The lowest BCUT2D eigenvalue weighted by molar-refractivity contribution is -0.168. The standard InChI is InChI=1S/C17H24O2/c1-11-12(4-3-5-13(11)18)17(19)10-15(2)6-7-16(8-9-16)14(15)17/h14,19H,3-10H2,1-2H3/t14-,15+,17+/m1/s1. The summed E-state index contributed by atoms with van der Waals surface area (Å²) in [5.41, 5.74) is 2.15. The van der Waals surface area contributed by atoms with E-state index in [1.807, 2.05) is 6.92 Å². The van der Waals surface area contributed by atoms with Crippen molar-refractivity contribution in [3.05, 3.63) is 11.1 Å². The van der Waals surface area contributed by atoms with Crippen LogP contribution in [0.2, 0.25) is 0 Å². The Morgan fingerprint density at radius 2 is 1.84 bits per heavy atom. The van der Waals surface area contributed by atoms with E-state index in [1.165, 1.54) is 25.7 Å². The van der Waals surface area contributed by atoms with Crippen molar-refractivity contribution >= 4 is 5.78 Å². The zero-order valence-electron chi connectivity index (χ0n) is 12.1. The fourth-order valence-electron chi connectivity index (χ4n) is 5.91. The van der Waals surface area contributed by atoms with Gasteiger partial charge in [0.25, 0.3) is 0 Å². The smallest absolute Gasteiger partial charge is 0.158 e. The number of carbonyl (C=O) groups excluding carboxylic acids is 1. The molecule has 0 unspecified atom stereocenters. The van der Waals surface area contributed by atoms with E-state index in [9.17, 15) is 9.90 Å². The summed E-state index contributed by atoms with van der Waals surface area (Å²) in [6.07, 6.45) is 8.63. The van der Waals surface area contributed by atoms with Crippen molar-refractivity contribution in [2.75, 3.05) is 0 Å². The lowest BCUT2D eigenvalue weighted by Crippen LogP contribution is -2.61. The fraction of sp³-hybridized carbons (Fsp3) is 0.824. The molecular formula is C17H24O2. The van der Waals surface area contributed by atoms with Crippen LogP contribution in [0.3, 0.4) is 0 Å². The molecular weight excluding hydrogens is 236 g/mol. The van der Waals surface area contributed by atoms with E-state index < -0.39 is 5.60 Å². The number of aliphatic hydroxyl groups is 1. The van der Waals surface area contributed by atoms with E-state index in [2.05, 4.69) is 6.92 Å². The summed E-state index contributed by atoms with van der Waals surface area (Å²) in [6, 6.07) is 0. The van der Waals surface area contributed by atoms with Gasteiger partial charge in [-0.05, 0) is 73.8 Å². The van der Waals surface area contributed by atoms with Crippen molar-refractivity contribution in [3.8, 4) is 0 Å². The highest BCUT2D eigenvalue weighted by Gasteiger charge is 2.74. The second-order valence-electron chi connectivity index (χ2n) is 7.93. The molecule has 0 radical (unpaired) electrons. The van der Waals surface area contributed by atoms with E-state index >= 15 is 0 Å². The Morgan fingerprint density at radius 3 is 2.53 bits per heavy atom. The van der Waals surface area contributed by atoms with Crippen LogP contribution in [0.25, 0.3) is 0 Å². The number of carbonyl (C=O) groups is 1. The van der Waals surface area contributed by atoms with Gasteiger partial charge < -0.3 is 5.11 Å². The SMILES string of the molecule is CC1=C([C@@]2(O)C[C@]3(C)CCC4(CC4)[C@@H]32)CCCC1=O. The van der Waals surface area contributed by atoms with Crippen LogP contribution in [0.1, 0.15) is 65.2 Å². The molecule has 19 heavy (non-hydrogen) atoms. The van der Waals surface area contributed by atoms with Gasteiger partial charge in [-0.2, -0.15) is 0 Å². The van der Waals surface area contributed by atoms with Gasteiger partial charge in [-0.3, -0.25) is 4.79 Å². The number of Topliss-reactive ketones (excluding diaryl/α,β-unsaturated/α-hetero) is 1. The van der Waals surface area contributed by atoms with Crippen molar-refractivity contribution in [2.24, 2.45) is 16.7 Å². The molecule has 0 aromatic carbocycles. The summed E-state index contributed by atoms with van der Waals surface area (Å²) in [5, 5.41) is 11.3. The maximum absolute atomic E-state index is 12.0. The van der Waals surface area contributed by atoms with Gasteiger partial charge in [-0.15, -0.1) is 0 Å². The molecule has 1 spiro atoms. The molecule has 4 aliphatic rings. The Bertz CT molecular complexity index is 493. The minimum Gasteiger partial charge on any atom is -0.385 e. The molecule has 104 valence electrons. The van der Waals surface area contributed by atoms with Gasteiger partial charge in [0.1, 0.15) is 0 Å². The van der Waals surface area contributed by atoms with Gasteiger partial charge in [-0.25, -0.2) is 0 Å². The molecule has 0 heterocycles. The first-order valence-electron chi connectivity index (χ1n) is 7.87. The third-order valence-corrected chi connectivity index (χ3v) is 6.77. The first-order valence-corrected chi connectivity index (χ1v) is 7.87. The minimum absolute atomic E-state index is 0.270. The largest absolute Gasteiger partial charge is 0.385 e. The molecule has 4 rings (SSSR count). The minimum atomic E-state index is -0.637. The fourth-order valence-corrected chi connectivity index (χ4v) is 5.91. The van der Waals surface area contributed by atoms with Crippen LogP contribution in [0.15, 0.2) is 11.1 Å². The predicted octanol–water partition coefficient (Wildman–Crippen LogP) is 3.39. The van der Waals surface area contributed by atoms with Crippen LogP contribution in [0.4, 0.5) is 0 Å². The number of fused-ring (bicyclic) bond motifs is 2. The first-order chi connectivity index (χ1) is 8.91. The van der Waals surface area contributed by atoms with Crippen LogP contribution < -0.4 is 0 Å². The molecule has 2 heteroatoms. The number of ketones is 1. The Kier molecular flexibility index (Phi) is 2.13. The van der Waals surface area contributed by atoms with E-state index in [-0.39, 0.29) is 5.78 Å². The van der Waals surface area contributed by atoms with Crippen molar-refractivity contribution in [3.63, 3.8) is 0 Å². The highest BCUT2D eigenvalue weighted by atomic mass is 16.3. The van der Waals surface area contributed by atoms with Crippen molar-refractivity contribution in [1.82, 2.24) is 0 Å². The summed E-state index contributed by atoms with van der Waals surface area (Å²) in [4.78, 5) is 12.0. The van der Waals surface area contributed by atoms with E-state index in [0.717, 1.165) is 30.4 Å². The molecule has 0 saturated heterocycles. The topological polar surface area (TPSA) is 37.3 Å². The van der Waals surface area contributed by atoms with E-state index in [4.69, 9.17) is 0 Å². The molecule has 0 aliphatic heterocycles. The van der Waals surface area contributed by atoms with Gasteiger partial charge in [0.2, 0.25) is 0 Å². The van der Waals surface area contributed by atoms with Crippen LogP contribution in [-0.4, -0.2) is 16.5 Å². The molecule has 0 aromatic heterocycles. The number of hydrogen-bond donors (Lipinski definition) is 1. The van der Waals surface area contributed by atoms with Gasteiger partial charge >= 0.3 is 0 Å². The monoisotopic (exact) mass is 260 g/mol. The normalized spacial score (nSPS) is 47.3. The molecule has 0 bridgehead atoms. The summed E-state index contributed by atoms with van der Waals surface area (Å²) in [6.45, 7) is 4.30. The maximum atomic E-state index is 12.0. The average Bonchev–Trinajstić information content (AvgIpc) is 3.04. The molecule has 2 nitrogen and oxygen atoms in total. The predicted molar refractivity (Wildman–Crippen MR) is 73.6 cm³/mol. The maximum Gasteiger partial charge on any atom is 0.158 e. The molecule has 3 saturated carbocycles. The number of rotatable bonds is 1. The Hall–Kier alpha value is -0.630. The number of allylic oxidation sites excluding steroid dienone is 1. The second-order valence-corrected chi connectivity index (χ2v) is 7.93. The quantitative estimate of drug-likeness (QED) is 0.784. The van der Waals surface area contributed by atoms with E-state index in [1.54, 1.807) is 0 Å². The van der Waals surface area contributed by atoms with Gasteiger partial charge in [0.05, 0.1) is 5.60 Å². The molecule has 0 aromatic rings. The Labute approximate surface area is 115 Å². The highest BCUT2D eigenvalue weighted by Crippen LogP contribution is 2.78. The zero-order valence-corrected chi connectivity index (χ0v) is 12.1. The Morgan fingerprint density at radius 1 is 1.16 bits per heavy atom. The number of hydrogen-bond acceptors (Lipinski definition) is 2. The molecule has 4 aliphatic carbocycles. The van der Waals surface area contributed by atoms with Crippen LogP contribution >= 0.6 is 0 Å². The Balaban J connectivity index is 1.76.